The van der Waals surface area contributed by atoms with Gasteiger partial charge in [0.15, 0.2) is 5.65 Å². The van der Waals surface area contributed by atoms with E-state index in [1.165, 1.54) is 19.3 Å². The molecule has 0 radical (unpaired) electrons. The van der Waals surface area contributed by atoms with Gasteiger partial charge in [0, 0.05) is 37.1 Å². The topological polar surface area (TPSA) is 58.9 Å². The number of ether oxygens (including phenoxy) is 1. The normalized spacial score (nSPS) is 19.3. The Labute approximate surface area is 148 Å². The van der Waals surface area contributed by atoms with Crippen molar-refractivity contribution in [3.8, 4) is 0 Å². The number of aromatic nitrogens is 2. The summed E-state index contributed by atoms with van der Waals surface area (Å²) in [6.07, 6.45) is 7.81. The van der Waals surface area contributed by atoms with Gasteiger partial charge in [-0.2, -0.15) is 0 Å². The lowest BCUT2D eigenvalue weighted by Gasteiger charge is -2.28. The Balaban J connectivity index is 1.62. The van der Waals surface area contributed by atoms with Crippen molar-refractivity contribution >= 4 is 17.4 Å². The van der Waals surface area contributed by atoms with Crippen molar-refractivity contribution in [2.45, 2.75) is 45.1 Å². The average molecular weight is 342 g/mol. The summed E-state index contributed by atoms with van der Waals surface area (Å²) in [4.78, 5) is 19.8. The zero-order valence-electron chi connectivity index (χ0n) is 14.8. The second kappa shape index (κ2) is 7.04. The maximum atomic E-state index is 12.8. The van der Waals surface area contributed by atoms with E-state index in [9.17, 15) is 4.79 Å². The summed E-state index contributed by atoms with van der Waals surface area (Å²) < 4.78 is 7.43. The van der Waals surface area contributed by atoms with Gasteiger partial charge in [0.1, 0.15) is 5.82 Å². The Morgan fingerprint density at radius 1 is 1.24 bits per heavy atom. The van der Waals surface area contributed by atoms with Crippen molar-refractivity contribution in [3.63, 3.8) is 0 Å². The molecule has 0 aromatic carbocycles. The predicted molar refractivity (Wildman–Crippen MR) is 97.3 cm³/mol. The molecule has 0 atom stereocenters. The van der Waals surface area contributed by atoms with Gasteiger partial charge in [-0.3, -0.25) is 4.79 Å². The number of hydrogen-bond acceptors (Lipinski definition) is 4. The van der Waals surface area contributed by atoms with E-state index in [0.717, 1.165) is 56.3 Å². The lowest BCUT2D eigenvalue weighted by molar-refractivity contribution is 0.0929. The van der Waals surface area contributed by atoms with Crippen LogP contribution in [-0.4, -0.2) is 47.6 Å². The molecule has 2 aliphatic rings. The predicted octanol–water partition coefficient (Wildman–Crippen LogP) is 2.54. The highest BCUT2D eigenvalue weighted by Crippen LogP contribution is 2.22. The third-order valence-corrected chi connectivity index (χ3v) is 5.32. The molecule has 1 amide bonds. The molecule has 2 aromatic heterocycles. The van der Waals surface area contributed by atoms with Gasteiger partial charge in [0.2, 0.25) is 0 Å². The molecule has 0 bridgehead atoms. The van der Waals surface area contributed by atoms with Crippen molar-refractivity contribution in [1.82, 2.24) is 14.7 Å². The molecule has 0 unspecified atom stereocenters. The van der Waals surface area contributed by atoms with Crippen LogP contribution in [0.4, 0.5) is 5.82 Å². The number of morpholine rings is 1. The molecule has 6 nitrogen and oxygen atoms in total. The molecule has 1 aliphatic carbocycles. The molecular formula is C19H26N4O2. The van der Waals surface area contributed by atoms with Crippen LogP contribution in [0.3, 0.4) is 0 Å². The standard InChI is InChI=1S/C19H26N4O2/c1-14-13-17(22-9-11-25-12-10-22)21-18-16(7-8-23(14)18)19(24)20-15-5-3-2-4-6-15/h7-8,13,15H,2-6,9-12H2,1H3,(H,20,24). The maximum absolute atomic E-state index is 12.8. The maximum Gasteiger partial charge on any atom is 0.255 e. The summed E-state index contributed by atoms with van der Waals surface area (Å²) in [6.45, 7) is 5.19. The van der Waals surface area contributed by atoms with Crippen LogP contribution in [0.2, 0.25) is 0 Å². The zero-order chi connectivity index (χ0) is 17.2. The molecule has 3 heterocycles. The molecular weight excluding hydrogens is 316 g/mol. The van der Waals surface area contributed by atoms with Gasteiger partial charge in [-0.25, -0.2) is 4.98 Å². The Morgan fingerprint density at radius 3 is 2.76 bits per heavy atom. The van der Waals surface area contributed by atoms with Crippen molar-refractivity contribution in [2.24, 2.45) is 0 Å². The fourth-order valence-corrected chi connectivity index (χ4v) is 3.86. The monoisotopic (exact) mass is 342 g/mol. The Bertz CT molecular complexity index is 758. The minimum absolute atomic E-state index is 0.000396. The number of nitrogens with one attached hydrogen (secondary N) is 1. The van der Waals surface area contributed by atoms with E-state index in [-0.39, 0.29) is 5.91 Å². The number of amides is 1. The zero-order valence-corrected chi connectivity index (χ0v) is 14.8. The number of nitrogens with zero attached hydrogens (tertiary/aromatic N) is 3. The highest BCUT2D eigenvalue weighted by Gasteiger charge is 2.21. The van der Waals surface area contributed by atoms with Crippen LogP contribution in [0.1, 0.15) is 48.2 Å². The van der Waals surface area contributed by atoms with E-state index in [1.807, 2.05) is 16.7 Å². The van der Waals surface area contributed by atoms with E-state index < -0.39 is 0 Å². The fourth-order valence-electron chi connectivity index (χ4n) is 3.86. The number of carbonyl (C=O) groups excluding carboxylic acids is 1. The van der Waals surface area contributed by atoms with Gasteiger partial charge in [0.05, 0.1) is 18.8 Å². The molecule has 4 rings (SSSR count). The smallest absolute Gasteiger partial charge is 0.255 e. The van der Waals surface area contributed by atoms with Gasteiger partial charge in [-0.15, -0.1) is 0 Å². The van der Waals surface area contributed by atoms with E-state index >= 15 is 0 Å². The molecule has 2 fully saturated rings. The van der Waals surface area contributed by atoms with Crippen LogP contribution in [-0.2, 0) is 4.74 Å². The first-order valence-electron chi connectivity index (χ1n) is 9.34. The van der Waals surface area contributed by atoms with Gasteiger partial charge in [-0.05, 0) is 25.8 Å². The molecule has 1 N–H and O–H groups in total. The summed E-state index contributed by atoms with van der Waals surface area (Å²) in [7, 11) is 0. The molecule has 6 heteroatoms. The van der Waals surface area contributed by atoms with Crippen molar-refractivity contribution in [3.05, 3.63) is 29.6 Å². The highest BCUT2D eigenvalue weighted by atomic mass is 16.5. The lowest BCUT2D eigenvalue weighted by Crippen LogP contribution is -2.37. The number of aryl methyl sites for hydroxylation is 1. The Morgan fingerprint density at radius 2 is 2.00 bits per heavy atom. The molecule has 1 saturated carbocycles. The van der Waals surface area contributed by atoms with E-state index in [1.54, 1.807) is 0 Å². The molecule has 0 spiro atoms. The van der Waals surface area contributed by atoms with Gasteiger partial charge in [0.25, 0.3) is 5.91 Å². The average Bonchev–Trinajstić information content (AvgIpc) is 3.08. The van der Waals surface area contributed by atoms with Crippen molar-refractivity contribution < 1.29 is 9.53 Å². The quantitative estimate of drug-likeness (QED) is 0.931. The molecule has 134 valence electrons. The summed E-state index contributed by atoms with van der Waals surface area (Å²) in [6, 6.07) is 4.28. The number of rotatable bonds is 3. The SMILES string of the molecule is Cc1cc(N2CCOCC2)nc2c(C(=O)NC3CCCCC3)ccn12. The summed E-state index contributed by atoms with van der Waals surface area (Å²) in [5, 5.41) is 3.21. The number of anilines is 1. The Kier molecular flexibility index (Phi) is 4.61. The van der Waals surface area contributed by atoms with E-state index in [0.29, 0.717) is 11.6 Å². The molecule has 25 heavy (non-hydrogen) atoms. The first-order valence-corrected chi connectivity index (χ1v) is 9.34. The number of hydrogen-bond donors (Lipinski definition) is 1. The fraction of sp³-hybridized carbons (Fsp3) is 0.579. The minimum atomic E-state index is 0.000396. The summed E-state index contributed by atoms with van der Waals surface area (Å²) >= 11 is 0. The summed E-state index contributed by atoms with van der Waals surface area (Å²) in [5.41, 5.74) is 2.50. The highest BCUT2D eigenvalue weighted by molar-refractivity contribution is 6.00. The first-order chi connectivity index (χ1) is 12.2. The second-order valence-corrected chi connectivity index (χ2v) is 7.09. The van der Waals surface area contributed by atoms with Crippen LogP contribution in [0.5, 0.6) is 0 Å². The van der Waals surface area contributed by atoms with Crippen LogP contribution in [0.15, 0.2) is 18.3 Å². The molecule has 2 aromatic rings. The van der Waals surface area contributed by atoms with Gasteiger partial charge >= 0.3 is 0 Å². The second-order valence-electron chi connectivity index (χ2n) is 7.09. The number of carbonyl (C=O) groups is 1. The van der Waals surface area contributed by atoms with Crippen molar-refractivity contribution in [2.75, 3.05) is 31.2 Å². The summed E-state index contributed by atoms with van der Waals surface area (Å²) in [5.74, 6) is 0.930. The lowest BCUT2D eigenvalue weighted by atomic mass is 9.95. The van der Waals surface area contributed by atoms with E-state index in [2.05, 4.69) is 23.2 Å². The van der Waals surface area contributed by atoms with Gasteiger partial charge in [-0.1, -0.05) is 19.3 Å². The largest absolute Gasteiger partial charge is 0.378 e. The van der Waals surface area contributed by atoms with Crippen LogP contribution >= 0.6 is 0 Å². The van der Waals surface area contributed by atoms with E-state index in [4.69, 9.17) is 9.72 Å². The third kappa shape index (κ3) is 3.35. The van der Waals surface area contributed by atoms with Crippen LogP contribution in [0, 0.1) is 6.92 Å². The minimum Gasteiger partial charge on any atom is -0.378 e. The molecule has 1 aliphatic heterocycles. The van der Waals surface area contributed by atoms with Crippen molar-refractivity contribution in [1.29, 1.82) is 0 Å². The Hall–Kier alpha value is -2.08. The van der Waals surface area contributed by atoms with Crippen LogP contribution < -0.4 is 10.2 Å². The molecule has 1 saturated heterocycles. The first kappa shape index (κ1) is 16.4. The van der Waals surface area contributed by atoms with Gasteiger partial charge < -0.3 is 19.4 Å². The third-order valence-electron chi connectivity index (χ3n) is 5.32. The number of fused-ring (bicyclic) bond motifs is 1. The van der Waals surface area contributed by atoms with Crippen LogP contribution in [0.25, 0.3) is 5.65 Å².